The summed E-state index contributed by atoms with van der Waals surface area (Å²) in [5, 5.41) is 6.19. The van der Waals surface area contributed by atoms with Crippen LogP contribution in [0.25, 0.3) is 0 Å². The number of amides is 1. The lowest BCUT2D eigenvalue weighted by Crippen LogP contribution is -2.13. The summed E-state index contributed by atoms with van der Waals surface area (Å²) in [4.78, 5) is 19.7. The number of rotatable bonds is 3. The molecule has 0 aliphatic rings. The van der Waals surface area contributed by atoms with Crippen molar-refractivity contribution < 1.29 is 9.53 Å². The predicted molar refractivity (Wildman–Crippen MR) is 61.5 cm³/mol. The average Bonchev–Trinajstić information content (AvgIpc) is 2.81. The molecule has 88 valence electrons. The van der Waals surface area contributed by atoms with Crippen molar-refractivity contribution in [1.82, 2.24) is 19.6 Å². The summed E-state index contributed by atoms with van der Waals surface area (Å²) in [6.07, 6.45) is 1.35. The van der Waals surface area contributed by atoms with Crippen molar-refractivity contribution >= 4 is 35.0 Å². The summed E-state index contributed by atoms with van der Waals surface area (Å²) in [6, 6.07) is 1.44. The minimum absolute atomic E-state index is 0.0627. The van der Waals surface area contributed by atoms with Gasteiger partial charge in [-0.25, -0.2) is 4.98 Å². The molecule has 2 aromatic heterocycles. The smallest absolute Gasteiger partial charge is 0.271 e. The Balaban J connectivity index is 2.18. The quantitative estimate of drug-likeness (QED) is 0.845. The lowest BCUT2D eigenvalue weighted by Gasteiger charge is -2.04. The van der Waals surface area contributed by atoms with E-state index in [0.29, 0.717) is 4.88 Å². The molecule has 0 atom stereocenters. The van der Waals surface area contributed by atoms with Crippen LogP contribution in [0.15, 0.2) is 12.3 Å². The van der Waals surface area contributed by atoms with Gasteiger partial charge in [-0.05, 0) is 11.5 Å². The minimum Gasteiger partial charge on any atom is -0.481 e. The van der Waals surface area contributed by atoms with E-state index in [1.165, 1.54) is 19.4 Å². The van der Waals surface area contributed by atoms with Gasteiger partial charge in [0.1, 0.15) is 10.0 Å². The van der Waals surface area contributed by atoms with Crippen LogP contribution < -0.4 is 10.1 Å². The summed E-state index contributed by atoms with van der Waals surface area (Å²) in [7, 11) is 1.44. The van der Waals surface area contributed by atoms with Gasteiger partial charge in [0.25, 0.3) is 5.91 Å². The van der Waals surface area contributed by atoms with Crippen LogP contribution in [0.3, 0.4) is 0 Å². The lowest BCUT2D eigenvalue weighted by molar-refractivity contribution is 0.102. The number of halogens is 1. The summed E-state index contributed by atoms with van der Waals surface area (Å²) >= 11 is 6.70. The molecule has 0 spiro atoms. The lowest BCUT2D eigenvalue weighted by atomic mass is 10.5. The van der Waals surface area contributed by atoms with E-state index in [2.05, 4.69) is 24.9 Å². The van der Waals surface area contributed by atoms with Crippen LogP contribution in [0.2, 0.25) is 5.15 Å². The largest absolute Gasteiger partial charge is 0.481 e. The Morgan fingerprint density at radius 1 is 1.53 bits per heavy atom. The molecule has 1 amide bonds. The zero-order valence-electron chi connectivity index (χ0n) is 8.55. The van der Waals surface area contributed by atoms with Gasteiger partial charge in [-0.2, -0.15) is 4.98 Å². The van der Waals surface area contributed by atoms with Gasteiger partial charge in [-0.15, -0.1) is 5.10 Å². The fourth-order valence-electron chi connectivity index (χ4n) is 0.988. The number of hydrogen-bond acceptors (Lipinski definition) is 7. The van der Waals surface area contributed by atoms with Gasteiger partial charge < -0.3 is 4.74 Å². The first-order valence-electron chi connectivity index (χ1n) is 4.36. The van der Waals surface area contributed by atoms with Crippen molar-refractivity contribution in [1.29, 1.82) is 0 Å². The standard InChI is InChI=1S/C8H6ClN5O2S/c1-16-6-2-5(9)11-8(12-6)13-7(15)4-3-10-14-17-4/h2-3H,1H3,(H,11,12,13,15). The molecule has 0 fully saturated rings. The highest BCUT2D eigenvalue weighted by molar-refractivity contribution is 7.07. The van der Waals surface area contributed by atoms with E-state index in [1.54, 1.807) is 0 Å². The third-order valence-electron chi connectivity index (χ3n) is 1.69. The van der Waals surface area contributed by atoms with Crippen molar-refractivity contribution in [2.45, 2.75) is 0 Å². The predicted octanol–water partition coefficient (Wildman–Crippen LogP) is 1.24. The number of methoxy groups -OCH3 is 1. The minimum atomic E-state index is -0.399. The van der Waals surface area contributed by atoms with E-state index < -0.39 is 5.91 Å². The Kier molecular flexibility index (Phi) is 3.45. The van der Waals surface area contributed by atoms with Crippen LogP contribution in [0.1, 0.15) is 9.67 Å². The summed E-state index contributed by atoms with van der Waals surface area (Å²) in [5.74, 6) is -0.0696. The molecule has 17 heavy (non-hydrogen) atoms. The van der Waals surface area contributed by atoms with E-state index in [1.807, 2.05) is 0 Å². The van der Waals surface area contributed by atoms with Crippen molar-refractivity contribution in [3.05, 3.63) is 22.3 Å². The van der Waals surface area contributed by atoms with Gasteiger partial charge in [-0.1, -0.05) is 16.1 Å². The molecule has 0 radical (unpaired) electrons. The van der Waals surface area contributed by atoms with Crippen LogP contribution in [0.5, 0.6) is 5.88 Å². The van der Waals surface area contributed by atoms with E-state index >= 15 is 0 Å². The maximum absolute atomic E-state index is 11.6. The Bertz CT molecular complexity index is 533. The fourth-order valence-corrected chi connectivity index (χ4v) is 1.57. The molecule has 7 nitrogen and oxygen atoms in total. The van der Waals surface area contributed by atoms with Gasteiger partial charge >= 0.3 is 0 Å². The fraction of sp³-hybridized carbons (Fsp3) is 0.125. The second-order valence-electron chi connectivity index (χ2n) is 2.79. The molecule has 0 aliphatic heterocycles. The second kappa shape index (κ2) is 5.02. The Hall–Kier alpha value is -1.80. The summed E-state index contributed by atoms with van der Waals surface area (Å²) < 4.78 is 8.47. The molecular formula is C8H6ClN5O2S. The molecule has 9 heteroatoms. The summed E-state index contributed by atoms with van der Waals surface area (Å²) in [6.45, 7) is 0. The van der Waals surface area contributed by atoms with Crippen molar-refractivity contribution in [3.63, 3.8) is 0 Å². The molecule has 2 aromatic rings. The van der Waals surface area contributed by atoms with Gasteiger partial charge in [0.15, 0.2) is 0 Å². The van der Waals surface area contributed by atoms with Crippen molar-refractivity contribution in [3.8, 4) is 5.88 Å². The van der Waals surface area contributed by atoms with E-state index in [0.717, 1.165) is 11.5 Å². The highest BCUT2D eigenvalue weighted by Gasteiger charge is 2.11. The molecule has 0 aromatic carbocycles. The monoisotopic (exact) mass is 271 g/mol. The zero-order valence-corrected chi connectivity index (χ0v) is 10.1. The van der Waals surface area contributed by atoms with Crippen molar-refractivity contribution in [2.75, 3.05) is 12.4 Å². The molecule has 1 N–H and O–H groups in total. The third-order valence-corrected chi connectivity index (χ3v) is 2.55. The molecule has 0 unspecified atom stereocenters. The van der Waals surface area contributed by atoms with E-state index in [9.17, 15) is 4.79 Å². The number of hydrogen-bond donors (Lipinski definition) is 1. The average molecular weight is 272 g/mol. The van der Waals surface area contributed by atoms with E-state index in [-0.39, 0.29) is 17.0 Å². The molecule has 0 saturated carbocycles. The Morgan fingerprint density at radius 2 is 2.35 bits per heavy atom. The van der Waals surface area contributed by atoms with Crippen LogP contribution in [0.4, 0.5) is 5.95 Å². The number of nitrogens with zero attached hydrogens (tertiary/aromatic N) is 4. The maximum Gasteiger partial charge on any atom is 0.271 e. The number of carbonyl (C=O) groups excluding carboxylic acids is 1. The Labute approximate surface area is 105 Å². The number of nitrogens with one attached hydrogen (secondary N) is 1. The van der Waals surface area contributed by atoms with Crippen LogP contribution in [-0.2, 0) is 0 Å². The molecule has 2 rings (SSSR count). The topological polar surface area (TPSA) is 89.9 Å². The van der Waals surface area contributed by atoms with Gasteiger partial charge in [-0.3, -0.25) is 10.1 Å². The molecule has 2 heterocycles. The number of anilines is 1. The maximum atomic E-state index is 11.6. The van der Waals surface area contributed by atoms with Crippen LogP contribution in [0, 0.1) is 0 Å². The van der Waals surface area contributed by atoms with Crippen LogP contribution in [-0.4, -0.2) is 32.6 Å². The highest BCUT2D eigenvalue weighted by atomic mass is 35.5. The molecule has 0 bridgehead atoms. The highest BCUT2D eigenvalue weighted by Crippen LogP contribution is 2.16. The van der Waals surface area contributed by atoms with Gasteiger partial charge in [0, 0.05) is 6.07 Å². The Morgan fingerprint density at radius 3 is 3.00 bits per heavy atom. The first kappa shape index (κ1) is 11.7. The first-order chi connectivity index (χ1) is 8.19. The van der Waals surface area contributed by atoms with Crippen LogP contribution >= 0.6 is 23.1 Å². The number of carbonyl (C=O) groups is 1. The number of ether oxygens (including phenoxy) is 1. The normalized spacial score (nSPS) is 10.0. The third kappa shape index (κ3) is 2.86. The molecule has 0 aliphatic carbocycles. The van der Waals surface area contributed by atoms with Gasteiger partial charge in [0.2, 0.25) is 11.8 Å². The van der Waals surface area contributed by atoms with Crippen molar-refractivity contribution in [2.24, 2.45) is 0 Å². The summed E-state index contributed by atoms with van der Waals surface area (Å²) in [5.41, 5.74) is 0. The SMILES string of the molecule is COc1cc(Cl)nc(NC(=O)c2cnns2)n1. The molecular weight excluding hydrogens is 266 g/mol. The number of aromatic nitrogens is 4. The van der Waals surface area contributed by atoms with E-state index in [4.69, 9.17) is 16.3 Å². The first-order valence-corrected chi connectivity index (χ1v) is 5.51. The second-order valence-corrected chi connectivity index (χ2v) is 3.97. The van der Waals surface area contributed by atoms with Gasteiger partial charge in [0.05, 0.1) is 13.3 Å². The molecule has 0 saturated heterocycles. The zero-order chi connectivity index (χ0) is 12.3.